The highest BCUT2D eigenvalue weighted by Gasteiger charge is 2.18. The van der Waals surface area contributed by atoms with Crippen LogP contribution < -0.4 is 5.32 Å². The predicted molar refractivity (Wildman–Crippen MR) is 94.4 cm³/mol. The largest absolute Gasteiger partial charge is 0.384 e. The number of aromatic nitrogens is 1. The second-order valence-electron chi connectivity index (χ2n) is 5.52. The zero-order valence-electron chi connectivity index (χ0n) is 13.4. The van der Waals surface area contributed by atoms with Crippen molar-refractivity contribution >= 4 is 26.4 Å². The van der Waals surface area contributed by atoms with Gasteiger partial charge in [0.2, 0.25) is 0 Å². The molecule has 1 heterocycles. The van der Waals surface area contributed by atoms with E-state index in [1.165, 1.54) is 18.4 Å². The Labute approximate surface area is 140 Å². The Kier molecular flexibility index (Phi) is 4.24. The van der Waals surface area contributed by atoms with Crippen molar-refractivity contribution in [3.05, 3.63) is 54.3 Å². The van der Waals surface area contributed by atoms with E-state index in [4.69, 9.17) is 0 Å². The molecular weight excluding hydrogens is 327 g/mol. The molecule has 1 aromatic heterocycles. The van der Waals surface area contributed by atoms with Crippen LogP contribution >= 0.6 is 0 Å². The van der Waals surface area contributed by atoms with E-state index >= 15 is 0 Å². The molecule has 6 heteroatoms. The van der Waals surface area contributed by atoms with Gasteiger partial charge >= 0.3 is 0 Å². The molecule has 4 nitrogen and oxygen atoms in total. The van der Waals surface area contributed by atoms with Crippen LogP contribution in [0.3, 0.4) is 0 Å². The molecule has 0 spiro atoms. The zero-order chi connectivity index (χ0) is 17.3. The van der Waals surface area contributed by atoms with Crippen LogP contribution in [-0.4, -0.2) is 26.2 Å². The Bertz CT molecular complexity index is 1020. The Morgan fingerprint density at radius 3 is 2.58 bits per heavy atom. The third-order valence-corrected chi connectivity index (χ3v) is 4.84. The molecule has 24 heavy (non-hydrogen) atoms. The Morgan fingerprint density at radius 1 is 1.12 bits per heavy atom. The van der Waals surface area contributed by atoms with E-state index < -0.39 is 9.84 Å². The minimum Gasteiger partial charge on any atom is -0.384 e. The number of nitrogens with one attached hydrogen (secondary N) is 1. The number of fused-ring (bicyclic) bond motifs is 1. The van der Waals surface area contributed by atoms with Crippen LogP contribution in [0.5, 0.6) is 0 Å². The van der Waals surface area contributed by atoms with Gasteiger partial charge < -0.3 is 5.32 Å². The molecule has 3 rings (SSSR count). The summed E-state index contributed by atoms with van der Waals surface area (Å²) in [6.07, 6.45) is 1.17. The van der Waals surface area contributed by atoms with Crippen molar-refractivity contribution in [3.63, 3.8) is 0 Å². The molecule has 3 aromatic rings. The Morgan fingerprint density at radius 2 is 1.88 bits per heavy atom. The van der Waals surface area contributed by atoms with Crippen LogP contribution in [-0.2, 0) is 9.84 Å². The topological polar surface area (TPSA) is 59.1 Å². The Hall–Kier alpha value is -2.47. The molecule has 0 saturated heterocycles. The fourth-order valence-electron chi connectivity index (χ4n) is 2.66. The molecular formula is C18H17FN2O2S. The number of benzene rings is 2. The van der Waals surface area contributed by atoms with Gasteiger partial charge in [-0.1, -0.05) is 18.2 Å². The standard InChI is InChI=1S/C18H17FN2O2S/c1-3-20-16-10-12-8-9-13(19)11-15(12)21-18(16)14-6-4-5-7-17(14)24(2,22)23/h4-11,20H,3H2,1-2H3. The molecule has 0 aliphatic carbocycles. The first-order valence-corrected chi connectivity index (χ1v) is 9.43. The number of sulfone groups is 1. The van der Waals surface area contributed by atoms with Gasteiger partial charge in [-0.05, 0) is 31.2 Å². The van der Waals surface area contributed by atoms with Gasteiger partial charge in [0.15, 0.2) is 9.84 Å². The van der Waals surface area contributed by atoms with Crippen LogP contribution in [0, 0.1) is 5.82 Å². The number of halogens is 1. The first-order chi connectivity index (χ1) is 11.4. The molecule has 0 fully saturated rings. The van der Waals surface area contributed by atoms with Crippen molar-refractivity contribution in [2.45, 2.75) is 11.8 Å². The first kappa shape index (κ1) is 16.4. The van der Waals surface area contributed by atoms with E-state index in [0.717, 1.165) is 5.39 Å². The normalized spacial score (nSPS) is 11.6. The fourth-order valence-corrected chi connectivity index (χ4v) is 3.55. The number of hydrogen-bond donors (Lipinski definition) is 1. The fraction of sp³-hybridized carbons (Fsp3) is 0.167. The smallest absolute Gasteiger partial charge is 0.176 e. The van der Waals surface area contributed by atoms with Gasteiger partial charge in [0.25, 0.3) is 0 Å². The van der Waals surface area contributed by atoms with Crippen molar-refractivity contribution in [2.24, 2.45) is 0 Å². The number of rotatable bonds is 4. The summed E-state index contributed by atoms with van der Waals surface area (Å²) in [5.74, 6) is -0.381. The summed E-state index contributed by atoms with van der Waals surface area (Å²) in [5, 5.41) is 3.99. The van der Waals surface area contributed by atoms with Crippen LogP contribution in [0.25, 0.3) is 22.2 Å². The molecule has 0 unspecified atom stereocenters. The van der Waals surface area contributed by atoms with E-state index in [-0.39, 0.29) is 10.7 Å². The summed E-state index contributed by atoms with van der Waals surface area (Å²) in [6, 6.07) is 12.9. The molecule has 0 saturated carbocycles. The summed E-state index contributed by atoms with van der Waals surface area (Å²) in [4.78, 5) is 4.73. The van der Waals surface area contributed by atoms with Crippen molar-refractivity contribution in [1.29, 1.82) is 0 Å². The lowest BCUT2D eigenvalue weighted by molar-refractivity contribution is 0.602. The van der Waals surface area contributed by atoms with Gasteiger partial charge in [-0.3, -0.25) is 0 Å². The highest BCUT2D eigenvalue weighted by molar-refractivity contribution is 7.90. The van der Waals surface area contributed by atoms with Crippen LogP contribution in [0.4, 0.5) is 10.1 Å². The Balaban J connectivity index is 2.34. The van der Waals surface area contributed by atoms with Gasteiger partial charge in [-0.15, -0.1) is 0 Å². The van der Waals surface area contributed by atoms with Gasteiger partial charge in [-0.25, -0.2) is 17.8 Å². The number of nitrogens with zero attached hydrogens (tertiary/aromatic N) is 1. The second-order valence-corrected chi connectivity index (χ2v) is 7.50. The monoisotopic (exact) mass is 344 g/mol. The third kappa shape index (κ3) is 3.10. The summed E-state index contributed by atoms with van der Waals surface area (Å²) >= 11 is 0. The van der Waals surface area contributed by atoms with E-state index in [0.29, 0.717) is 29.0 Å². The van der Waals surface area contributed by atoms with E-state index in [1.54, 1.807) is 30.3 Å². The zero-order valence-corrected chi connectivity index (χ0v) is 14.2. The molecule has 0 aliphatic heterocycles. The van der Waals surface area contributed by atoms with Crippen molar-refractivity contribution in [1.82, 2.24) is 4.98 Å². The average Bonchev–Trinajstić information content (AvgIpc) is 2.54. The molecule has 124 valence electrons. The van der Waals surface area contributed by atoms with Crippen LogP contribution in [0.2, 0.25) is 0 Å². The molecule has 0 aliphatic rings. The quantitative estimate of drug-likeness (QED) is 0.780. The highest BCUT2D eigenvalue weighted by Crippen LogP contribution is 2.33. The van der Waals surface area contributed by atoms with Crippen molar-refractivity contribution in [3.8, 4) is 11.3 Å². The lowest BCUT2D eigenvalue weighted by Crippen LogP contribution is -2.05. The molecule has 1 N–H and O–H groups in total. The summed E-state index contributed by atoms with van der Waals surface area (Å²) in [5.41, 5.74) is 2.20. The predicted octanol–water partition coefficient (Wildman–Crippen LogP) is 3.88. The highest BCUT2D eigenvalue weighted by atomic mass is 32.2. The van der Waals surface area contributed by atoms with E-state index in [2.05, 4.69) is 10.3 Å². The maximum atomic E-state index is 13.5. The molecule has 0 bridgehead atoms. The average molecular weight is 344 g/mol. The maximum absolute atomic E-state index is 13.5. The van der Waals surface area contributed by atoms with E-state index in [1.807, 2.05) is 13.0 Å². The molecule has 0 amide bonds. The van der Waals surface area contributed by atoms with Crippen LogP contribution in [0.1, 0.15) is 6.92 Å². The lowest BCUT2D eigenvalue weighted by atomic mass is 10.1. The first-order valence-electron chi connectivity index (χ1n) is 7.54. The van der Waals surface area contributed by atoms with E-state index in [9.17, 15) is 12.8 Å². The third-order valence-electron chi connectivity index (χ3n) is 3.69. The van der Waals surface area contributed by atoms with Gasteiger partial charge in [0, 0.05) is 29.8 Å². The van der Waals surface area contributed by atoms with Crippen LogP contribution in [0.15, 0.2) is 53.4 Å². The van der Waals surface area contributed by atoms with Gasteiger partial charge in [-0.2, -0.15) is 0 Å². The molecule has 0 radical (unpaired) electrons. The summed E-state index contributed by atoms with van der Waals surface area (Å²) < 4.78 is 37.7. The van der Waals surface area contributed by atoms with Crippen molar-refractivity contribution in [2.75, 3.05) is 18.1 Å². The SMILES string of the molecule is CCNc1cc2ccc(F)cc2nc1-c1ccccc1S(C)(=O)=O. The summed E-state index contributed by atoms with van der Waals surface area (Å²) in [7, 11) is -3.42. The van der Waals surface area contributed by atoms with Gasteiger partial charge in [0.05, 0.1) is 21.8 Å². The molecule has 2 aromatic carbocycles. The van der Waals surface area contributed by atoms with Gasteiger partial charge in [0.1, 0.15) is 5.82 Å². The molecule has 0 atom stereocenters. The number of anilines is 1. The maximum Gasteiger partial charge on any atom is 0.176 e. The van der Waals surface area contributed by atoms with Crippen molar-refractivity contribution < 1.29 is 12.8 Å². The number of hydrogen-bond acceptors (Lipinski definition) is 4. The summed E-state index contributed by atoms with van der Waals surface area (Å²) in [6.45, 7) is 2.60. The number of pyridine rings is 1. The minimum absolute atomic E-state index is 0.201. The second kappa shape index (κ2) is 6.20. The lowest BCUT2D eigenvalue weighted by Gasteiger charge is -2.14. The minimum atomic E-state index is -3.42.